The van der Waals surface area contributed by atoms with Gasteiger partial charge in [0.25, 0.3) is 0 Å². The molecule has 1 heterocycles. The minimum absolute atomic E-state index is 0.577. The quantitative estimate of drug-likeness (QED) is 0.741. The van der Waals surface area contributed by atoms with Crippen LogP contribution >= 0.6 is 0 Å². The Labute approximate surface area is 73.0 Å². The first kappa shape index (κ1) is 8.97. The lowest BCUT2D eigenvalue weighted by Crippen LogP contribution is -1.99. The molecule has 2 N–H and O–H groups in total. The topological polar surface area (TPSA) is 51.8 Å². The first-order valence-corrected chi connectivity index (χ1v) is 4.32. The molecule has 12 heavy (non-hydrogen) atoms. The second-order valence-corrected chi connectivity index (χ2v) is 2.93. The van der Waals surface area contributed by atoms with Gasteiger partial charge in [-0.1, -0.05) is 13.3 Å². The van der Waals surface area contributed by atoms with E-state index < -0.39 is 0 Å². The highest BCUT2D eigenvalue weighted by Gasteiger charge is 1.97. The van der Waals surface area contributed by atoms with E-state index in [-0.39, 0.29) is 0 Å². The number of nitrogens with zero attached hydrogens (tertiary/aromatic N) is 2. The van der Waals surface area contributed by atoms with Gasteiger partial charge in [0, 0.05) is 11.8 Å². The molecule has 0 aliphatic heterocycles. The molecule has 1 aromatic rings. The summed E-state index contributed by atoms with van der Waals surface area (Å²) >= 11 is 0. The number of unbranched alkanes of at least 4 members (excludes halogenated alkanes) is 1. The Morgan fingerprint density at radius 2 is 2.17 bits per heavy atom. The van der Waals surface area contributed by atoms with Crippen molar-refractivity contribution in [2.45, 2.75) is 33.1 Å². The van der Waals surface area contributed by atoms with Crippen LogP contribution in [0.25, 0.3) is 0 Å². The second kappa shape index (κ2) is 4.04. The summed E-state index contributed by atoms with van der Waals surface area (Å²) in [6, 6.07) is 1.85. The molecule has 1 rings (SSSR count). The molecule has 0 saturated carbocycles. The van der Waals surface area contributed by atoms with E-state index in [4.69, 9.17) is 5.73 Å². The molecule has 0 unspecified atom stereocenters. The van der Waals surface area contributed by atoms with Crippen LogP contribution in [0.1, 0.15) is 31.3 Å². The second-order valence-electron chi connectivity index (χ2n) is 2.93. The van der Waals surface area contributed by atoms with Crippen LogP contribution in [0.4, 0.5) is 5.82 Å². The number of aryl methyl sites for hydroxylation is 2. The van der Waals surface area contributed by atoms with Gasteiger partial charge in [-0.05, 0) is 19.8 Å². The van der Waals surface area contributed by atoms with Crippen molar-refractivity contribution in [3.05, 3.63) is 17.6 Å². The number of nitrogen functional groups attached to an aromatic ring is 1. The first-order chi connectivity index (χ1) is 5.72. The van der Waals surface area contributed by atoms with Gasteiger partial charge in [0.2, 0.25) is 0 Å². The SMILES string of the molecule is CCCCc1cc(N)nc(C)n1. The van der Waals surface area contributed by atoms with Gasteiger partial charge >= 0.3 is 0 Å². The highest BCUT2D eigenvalue weighted by molar-refractivity contribution is 5.29. The third kappa shape index (κ3) is 2.49. The van der Waals surface area contributed by atoms with Crippen LogP contribution in [-0.2, 0) is 6.42 Å². The van der Waals surface area contributed by atoms with E-state index in [1.807, 2.05) is 13.0 Å². The summed E-state index contributed by atoms with van der Waals surface area (Å²) in [7, 11) is 0. The van der Waals surface area contributed by atoms with Crippen LogP contribution in [0, 0.1) is 6.92 Å². The summed E-state index contributed by atoms with van der Waals surface area (Å²) in [5, 5.41) is 0. The summed E-state index contributed by atoms with van der Waals surface area (Å²) in [4.78, 5) is 8.29. The molecule has 0 aliphatic carbocycles. The highest BCUT2D eigenvalue weighted by Crippen LogP contribution is 2.05. The van der Waals surface area contributed by atoms with E-state index >= 15 is 0 Å². The van der Waals surface area contributed by atoms with E-state index in [0.29, 0.717) is 5.82 Å². The highest BCUT2D eigenvalue weighted by atomic mass is 14.9. The smallest absolute Gasteiger partial charge is 0.127 e. The number of hydrogen-bond donors (Lipinski definition) is 1. The molecule has 0 amide bonds. The Balaban J connectivity index is 2.72. The Bertz CT molecular complexity index is 238. The lowest BCUT2D eigenvalue weighted by atomic mass is 10.2. The van der Waals surface area contributed by atoms with E-state index in [9.17, 15) is 0 Å². The van der Waals surface area contributed by atoms with Gasteiger partial charge in [-0.2, -0.15) is 0 Å². The fraction of sp³-hybridized carbons (Fsp3) is 0.556. The van der Waals surface area contributed by atoms with Crippen molar-refractivity contribution < 1.29 is 0 Å². The fourth-order valence-corrected chi connectivity index (χ4v) is 1.14. The Kier molecular flexibility index (Phi) is 3.02. The number of anilines is 1. The van der Waals surface area contributed by atoms with Crippen molar-refractivity contribution in [1.82, 2.24) is 9.97 Å². The normalized spacial score (nSPS) is 10.2. The largest absolute Gasteiger partial charge is 0.384 e. The van der Waals surface area contributed by atoms with E-state index in [2.05, 4.69) is 16.9 Å². The van der Waals surface area contributed by atoms with Crippen LogP contribution in [0.5, 0.6) is 0 Å². The molecule has 0 aromatic carbocycles. The molecule has 0 atom stereocenters. The molecular formula is C9H15N3. The van der Waals surface area contributed by atoms with Gasteiger partial charge in [0.05, 0.1) is 0 Å². The van der Waals surface area contributed by atoms with Crippen molar-refractivity contribution in [3.63, 3.8) is 0 Å². The van der Waals surface area contributed by atoms with E-state index in [1.165, 1.54) is 6.42 Å². The maximum absolute atomic E-state index is 5.58. The third-order valence-corrected chi connectivity index (χ3v) is 1.70. The van der Waals surface area contributed by atoms with E-state index in [1.54, 1.807) is 0 Å². The maximum Gasteiger partial charge on any atom is 0.127 e. The standard InChI is InChI=1S/C9H15N3/c1-3-4-5-8-6-9(10)12-7(2)11-8/h6H,3-5H2,1-2H3,(H2,10,11,12). The first-order valence-electron chi connectivity index (χ1n) is 4.32. The van der Waals surface area contributed by atoms with Gasteiger partial charge in [-0.3, -0.25) is 0 Å². The van der Waals surface area contributed by atoms with Gasteiger partial charge < -0.3 is 5.73 Å². The van der Waals surface area contributed by atoms with Crippen molar-refractivity contribution in [1.29, 1.82) is 0 Å². The van der Waals surface area contributed by atoms with Crippen LogP contribution in [0.2, 0.25) is 0 Å². The molecule has 1 aromatic heterocycles. The zero-order valence-corrected chi connectivity index (χ0v) is 7.67. The summed E-state index contributed by atoms with van der Waals surface area (Å²) in [6.45, 7) is 4.03. The molecular weight excluding hydrogens is 150 g/mol. The predicted octanol–water partition coefficient (Wildman–Crippen LogP) is 1.71. The summed E-state index contributed by atoms with van der Waals surface area (Å²) < 4.78 is 0. The molecule has 3 nitrogen and oxygen atoms in total. The molecule has 0 aliphatic rings. The maximum atomic E-state index is 5.58. The molecule has 0 bridgehead atoms. The zero-order valence-electron chi connectivity index (χ0n) is 7.67. The van der Waals surface area contributed by atoms with Gasteiger partial charge in [0.15, 0.2) is 0 Å². The lowest BCUT2D eigenvalue weighted by Gasteiger charge is -2.01. The van der Waals surface area contributed by atoms with Crippen molar-refractivity contribution in [3.8, 4) is 0 Å². The number of nitrogens with two attached hydrogens (primary N) is 1. The van der Waals surface area contributed by atoms with Gasteiger partial charge in [0.1, 0.15) is 11.6 Å². The number of hydrogen-bond acceptors (Lipinski definition) is 3. The van der Waals surface area contributed by atoms with E-state index in [0.717, 1.165) is 24.4 Å². The minimum Gasteiger partial charge on any atom is -0.384 e. The Hall–Kier alpha value is -1.12. The van der Waals surface area contributed by atoms with Crippen LogP contribution in [0.3, 0.4) is 0 Å². The monoisotopic (exact) mass is 165 g/mol. The molecule has 0 spiro atoms. The predicted molar refractivity (Wildman–Crippen MR) is 49.8 cm³/mol. The van der Waals surface area contributed by atoms with Crippen LogP contribution < -0.4 is 5.73 Å². The Morgan fingerprint density at radius 3 is 2.75 bits per heavy atom. The molecule has 3 heteroatoms. The summed E-state index contributed by atoms with van der Waals surface area (Å²) in [6.07, 6.45) is 3.35. The fourth-order valence-electron chi connectivity index (χ4n) is 1.14. The zero-order chi connectivity index (χ0) is 8.97. The number of aromatic nitrogens is 2. The van der Waals surface area contributed by atoms with Crippen LogP contribution in [0.15, 0.2) is 6.07 Å². The van der Waals surface area contributed by atoms with Crippen molar-refractivity contribution in [2.75, 3.05) is 5.73 Å². The summed E-state index contributed by atoms with van der Waals surface area (Å²) in [5.41, 5.74) is 6.64. The van der Waals surface area contributed by atoms with Gasteiger partial charge in [-0.25, -0.2) is 9.97 Å². The average Bonchev–Trinajstić information content (AvgIpc) is 1.99. The average molecular weight is 165 g/mol. The number of rotatable bonds is 3. The Morgan fingerprint density at radius 1 is 1.42 bits per heavy atom. The van der Waals surface area contributed by atoms with Crippen LogP contribution in [-0.4, -0.2) is 9.97 Å². The molecule has 0 fully saturated rings. The third-order valence-electron chi connectivity index (χ3n) is 1.70. The molecule has 0 saturated heterocycles. The summed E-state index contributed by atoms with van der Waals surface area (Å²) in [5.74, 6) is 1.34. The molecule has 0 radical (unpaired) electrons. The van der Waals surface area contributed by atoms with Crippen molar-refractivity contribution >= 4 is 5.82 Å². The van der Waals surface area contributed by atoms with Crippen molar-refractivity contribution in [2.24, 2.45) is 0 Å². The molecule has 66 valence electrons. The lowest BCUT2D eigenvalue weighted by molar-refractivity contribution is 0.769. The van der Waals surface area contributed by atoms with Gasteiger partial charge in [-0.15, -0.1) is 0 Å². The minimum atomic E-state index is 0.577.